The summed E-state index contributed by atoms with van der Waals surface area (Å²) < 4.78 is 6.64. The van der Waals surface area contributed by atoms with Gasteiger partial charge in [0, 0.05) is 54.7 Å². The fourth-order valence-electron chi connectivity index (χ4n) is 10.1. The Balaban J connectivity index is 1.09. The molecule has 0 N–H and O–H groups in total. The van der Waals surface area contributed by atoms with E-state index in [0.717, 1.165) is 94.5 Å². The van der Waals surface area contributed by atoms with Crippen LogP contribution < -0.4 is 4.74 Å². The number of aromatic nitrogens is 3. The maximum absolute atomic E-state index is 6.64. The Morgan fingerprint density at radius 3 is 1.62 bits per heavy atom. The zero-order valence-corrected chi connectivity index (χ0v) is 32.3. The van der Waals surface area contributed by atoms with Gasteiger partial charge in [-0.1, -0.05) is 170 Å². The molecule has 1 aliphatic carbocycles. The van der Waals surface area contributed by atoms with E-state index in [2.05, 4.69) is 194 Å². The van der Waals surface area contributed by atoms with Crippen LogP contribution in [-0.4, -0.2) is 15.0 Å². The number of nitrogens with zero attached hydrogens (tertiary/aromatic N) is 3. The third kappa shape index (κ3) is 4.59. The van der Waals surface area contributed by atoms with Crippen molar-refractivity contribution in [1.82, 2.24) is 15.0 Å². The normalized spacial score (nSPS) is 13.3. The molecular weight excluding hydrogens is 731 g/mol. The lowest BCUT2D eigenvalue weighted by Gasteiger charge is -2.39. The van der Waals surface area contributed by atoms with E-state index in [4.69, 9.17) is 19.7 Å². The summed E-state index contributed by atoms with van der Waals surface area (Å²) in [6.45, 7) is 0. The fourth-order valence-corrected chi connectivity index (χ4v) is 10.1. The highest BCUT2D eigenvalue weighted by Gasteiger charge is 2.51. The number of benzene rings is 8. The van der Waals surface area contributed by atoms with Crippen LogP contribution in [0.4, 0.5) is 0 Å². The molecule has 4 heterocycles. The van der Waals surface area contributed by atoms with Crippen molar-refractivity contribution < 1.29 is 4.74 Å². The molecule has 0 unspecified atom stereocenters. The third-order valence-corrected chi connectivity index (χ3v) is 12.7. The summed E-state index contributed by atoms with van der Waals surface area (Å²) in [6.07, 6.45) is 0. The predicted molar refractivity (Wildman–Crippen MR) is 244 cm³/mol. The monoisotopic (exact) mass is 763 g/mol. The molecule has 4 heteroatoms. The summed E-state index contributed by atoms with van der Waals surface area (Å²) in [5.41, 5.74) is 15.3. The molecule has 0 saturated carbocycles. The van der Waals surface area contributed by atoms with Gasteiger partial charge in [0.1, 0.15) is 11.5 Å². The molecule has 4 nitrogen and oxygen atoms in total. The number of hydrogen-bond acceptors (Lipinski definition) is 4. The molecule has 0 radical (unpaired) electrons. The zero-order valence-electron chi connectivity index (χ0n) is 32.3. The second-order valence-electron chi connectivity index (χ2n) is 15.8. The van der Waals surface area contributed by atoms with Gasteiger partial charge in [-0.2, -0.15) is 0 Å². The highest BCUT2D eigenvalue weighted by molar-refractivity contribution is 6.20. The van der Waals surface area contributed by atoms with Gasteiger partial charge in [0.15, 0.2) is 0 Å². The van der Waals surface area contributed by atoms with Gasteiger partial charge < -0.3 is 4.74 Å². The minimum absolute atomic E-state index is 0.569. The second-order valence-corrected chi connectivity index (χ2v) is 15.8. The zero-order chi connectivity index (χ0) is 39.4. The van der Waals surface area contributed by atoms with Gasteiger partial charge in [0.05, 0.1) is 39.0 Å². The Hall–Kier alpha value is -7.95. The Labute approximate surface area is 346 Å². The Bertz CT molecular complexity index is 3530. The highest BCUT2D eigenvalue weighted by Crippen LogP contribution is 2.63. The van der Waals surface area contributed by atoms with E-state index in [1.165, 1.54) is 27.6 Å². The highest BCUT2D eigenvalue weighted by atomic mass is 16.5. The molecule has 0 amide bonds. The molecule has 278 valence electrons. The van der Waals surface area contributed by atoms with Gasteiger partial charge in [0.2, 0.25) is 0 Å². The van der Waals surface area contributed by atoms with Crippen LogP contribution in [0.25, 0.3) is 88.4 Å². The van der Waals surface area contributed by atoms with E-state index in [1.54, 1.807) is 0 Å². The molecule has 13 rings (SSSR count). The van der Waals surface area contributed by atoms with Gasteiger partial charge in [-0.15, -0.1) is 0 Å². The molecule has 0 atom stereocenters. The van der Waals surface area contributed by atoms with Crippen molar-refractivity contribution >= 4 is 43.5 Å². The van der Waals surface area contributed by atoms with E-state index >= 15 is 0 Å². The first-order chi connectivity index (χ1) is 29.7. The van der Waals surface area contributed by atoms with Crippen LogP contribution in [0, 0.1) is 0 Å². The van der Waals surface area contributed by atoms with Crippen LogP contribution in [0.5, 0.6) is 11.5 Å². The van der Waals surface area contributed by atoms with Crippen LogP contribution in [0.2, 0.25) is 0 Å². The molecule has 0 bridgehead atoms. The number of rotatable bonds is 3. The molecule has 0 fully saturated rings. The van der Waals surface area contributed by atoms with E-state index in [0.29, 0.717) is 0 Å². The van der Waals surface area contributed by atoms with Gasteiger partial charge in [-0.05, 0) is 52.6 Å². The predicted octanol–water partition coefficient (Wildman–Crippen LogP) is 14.0. The lowest BCUT2D eigenvalue weighted by molar-refractivity contribution is 0.436. The molecule has 11 aromatic rings. The van der Waals surface area contributed by atoms with E-state index < -0.39 is 5.41 Å². The molecule has 1 spiro atoms. The molecule has 0 saturated heterocycles. The van der Waals surface area contributed by atoms with Gasteiger partial charge in [0.25, 0.3) is 0 Å². The van der Waals surface area contributed by atoms with Crippen molar-refractivity contribution in [3.05, 3.63) is 222 Å². The number of pyridine rings is 3. The number of hydrogen-bond donors (Lipinski definition) is 0. The molecule has 8 aromatic carbocycles. The Morgan fingerprint density at radius 2 is 0.933 bits per heavy atom. The maximum Gasteiger partial charge on any atom is 0.132 e. The van der Waals surface area contributed by atoms with Crippen molar-refractivity contribution in [1.29, 1.82) is 0 Å². The van der Waals surface area contributed by atoms with Crippen molar-refractivity contribution in [3.63, 3.8) is 0 Å². The largest absolute Gasteiger partial charge is 0.457 e. The Morgan fingerprint density at radius 1 is 0.383 bits per heavy atom. The second kappa shape index (κ2) is 12.5. The van der Waals surface area contributed by atoms with Crippen molar-refractivity contribution in [3.8, 4) is 56.4 Å². The molecule has 3 aromatic heterocycles. The van der Waals surface area contributed by atoms with Crippen molar-refractivity contribution in [2.45, 2.75) is 5.41 Å². The molecule has 60 heavy (non-hydrogen) atoms. The topological polar surface area (TPSA) is 47.9 Å². The fraction of sp³-hybridized carbons (Fsp3) is 0.0179. The summed E-state index contributed by atoms with van der Waals surface area (Å²) in [6, 6.07) is 71.1. The quantitative estimate of drug-likeness (QED) is 0.168. The summed E-state index contributed by atoms with van der Waals surface area (Å²) >= 11 is 0. The minimum atomic E-state index is -0.569. The first kappa shape index (κ1) is 33.1. The number of fused-ring (bicyclic) bond motifs is 16. The van der Waals surface area contributed by atoms with Crippen LogP contribution in [0.15, 0.2) is 200 Å². The first-order valence-corrected chi connectivity index (χ1v) is 20.4. The summed E-state index contributed by atoms with van der Waals surface area (Å²) in [4.78, 5) is 16.0. The van der Waals surface area contributed by atoms with E-state index in [9.17, 15) is 0 Å². The van der Waals surface area contributed by atoms with Gasteiger partial charge >= 0.3 is 0 Å². The van der Waals surface area contributed by atoms with E-state index in [1.807, 2.05) is 6.07 Å². The average molecular weight is 764 g/mol. The van der Waals surface area contributed by atoms with Crippen molar-refractivity contribution in [2.24, 2.45) is 0 Å². The summed E-state index contributed by atoms with van der Waals surface area (Å²) in [5, 5.41) is 5.54. The smallest absolute Gasteiger partial charge is 0.132 e. The molecular formula is C56H33N3O. The third-order valence-electron chi connectivity index (χ3n) is 12.7. The minimum Gasteiger partial charge on any atom is -0.457 e. The van der Waals surface area contributed by atoms with Gasteiger partial charge in [-0.3, -0.25) is 0 Å². The van der Waals surface area contributed by atoms with Crippen LogP contribution >= 0.6 is 0 Å². The summed E-state index contributed by atoms with van der Waals surface area (Å²) in [7, 11) is 0. The van der Waals surface area contributed by atoms with Gasteiger partial charge in [-0.25, -0.2) is 15.0 Å². The standard InChI is InChI=1S/C56H33N3O/c1-3-13-34(14-4-1)46-31-26-36-23-24-37-27-32-47(58-55(37)54(36)57-46)38-25-28-40-48(33-38)59-53(35-15-5-2-6-16-35)41-29-30-45-52(51(40)41)39-17-7-8-18-42(39)56(45)43-19-9-11-21-49(43)60-50-22-12-10-20-44(50)56/h1-33H. The van der Waals surface area contributed by atoms with E-state index in [-0.39, 0.29) is 0 Å². The Kier molecular flexibility index (Phi) is 6.90. The number of ether oxygens (including phenoxy) is 1. The lowest BCUT2D eigenvalue weighted by Crippen LogP contribution is -2.32. The van der Waals surface area contributed by atoms with Crippen LogP contribution in [-0.2, 0) is 5.41 Å². The molecule has 1 aliphatic heterocycles. The van der Waals surface area contributed by atoms with Crippen LogP contribution in [0.1, 0.15) is 22.3 Å². The van der Waals surface area contributed by atoms with Crippen LogP contribution in [0.3, 0.4) is 0 Å². The first-order valence-electron chi connectivity index (χ1n) is 20.4. The molecule has 2 aliphatic rings. The maximum atomic E-state index is 6.64. The average Bonchev–Trinajstić information content (AvgIpc) is 3.62. The number of para-hydroxylation sites is 2. The van der Waals surface area contributed by atoms with Crippen molar-refractivity contribution in [2.75, 3.05) is 0 Å². The lowest BCUT2D eigenvalue weighted by atomic mass is 9.66. The summed E-state index contributed by atoms with van der Waals surface area (Å²) in [5.74, 6) is 1.77. The SMILES string of the molecule is c1ccc(-c2ccc3ccc4ccc(-c5ccc6c(c5)nc(-c5ccccc5)c5ccc7c(c56)-c5ccccc5C75c6ccccc6Oc6ccccc65)nc4c3n2)cc1.